The van der Waals surface area contributed by atoms with Gasteiger partial charge in [0.1, 0.15) is 5.82 Å². The second-order valence-electron chi connectivity index (χ2n) is 7.03. The van der Waals surface area contributed by atoms with Gasteiger partial charge in [-0.3, -0.25) is 9.78 Å². The Morgan fingerprint density at radius 2 is 1.94 bits per heavy atom. The number of nitrogens with two attached hydrogens (primary N) is 1. The molecule has 0 atom stereocenters. The number of amides is 1. The van der Waals surface area contributed by atoms with E-state index in [1.54, 1.807) is 37.5 Å². The molecule has 3 aromatic heterocycles. The maximum Gasteiger partial charge on any atom is 0.416 e. The molecular weight excluding hydrogens is 428 g/mol. The van der Waals surface area contributed by atoms with Crippen molar-refractivity contribution in [3.63, 3.8) is 0 Å². The average Bonchev–Trinajstić information content (AvgIpc) is 3.11. The first kappa shape index (κ1) is 21.2. The van der Waals surface area contributed by atoms with E-state index in [4.69, 9.17) is 5.73 Å². The lowest BCUT2D eigenvalue weighted by atomic mass is 10.0. The molecule has 0 aliphatic carbocycles. The lowest BCUT2D eigenvalue weighted by molar-refractivity contribution is -0.137. The molecule has 3 heterocycles. The fourth-order valence-electron chi connectivity index (χ4n) is 3.16. The molecule has 0 saturated heterocycles. The zero-order valence-electron chi connectivity index (χ0n) is 16.6. The van der Waals surface area contributed by atoms with Crippen molar-refractivity contribution in [1.29, 1.82) is 0 Å². The highest BCUT2D eigenvalue weighted by Gasteiger charge is 2.31. The first-order valence-electron chi connectivity index (χ1n) is 9.34. The topological polar surface area (TPSA) is 98.2 Å². The standard InChI is InChI=1S/C21H16F4N6O/c1-11-16(19(32)28-10-14-6-15(21(23,24)25)2-3-17(14)22)7-13(9-27-11)12-4-5-31-18(8-12)29-20(26)30-31/h2-9H,10H2,1H3,(H2,26,30)(H,28,32). The maximum atomic E-state index is 14.0. The summed E-state index contributed by atoms with van der Waals surface area (Å²) in [5.74, 6) is -1.32. The number of nitrogens with one attached hydrogen (secondary N) is 1. The Balaban J connectivity index is 1.58. The van der Waals surface area contributed by atoms with Crippen LogP contribution in [0.1, 0.15) is 27.2 Å². The summed E-state index contributed by atoms with van der Waals surface area (Å²) in [6.07, 6.45) is -1.38. The monoisotopic (exact) mass is 444 g/mol. The average molecular weight is 444 g/mol. The third-order valence-corrected chi connectivity index (χ3v) is 4.83. The van der Waals surface area contributed by atoms with Crippen molar-refractivity contribution in [3.8, 4) is 11.1 Å². The van der Waals surface area contributed by atoms with Crippen LogP contribution in [0.15, 0.2) is 48.8 Å². The van der Waals surface area contributed by atoms with Gasteiger partial charge in [-0.25, -0.2) is 8.91 Å². The van der Waals surface area contributed by atoms with E-state index in [1.165, 1.54) is 4.52 Å². The summed E-state index contributed by atoms with van der Waals surface area (Å²) in [4.78, 5) is 21.0. The predicted molar refractivity (Wildman–Crippen MR) is 108 cm³/mol. The van der Waals surface area contributed by atoms with Crippen LogP contribution in [0.2, 0.25) is 0 Å². The Morgan fingerprint density at radius 1 is 1.16 bits per heavy atom. The molecule has 7 nitrogen and oxygen atoms in total. The van der Waals surface area contributed by atoms with Crippen LogP contribution < -0.4 is 11.1 Å². The first-order valence-corrected chi connectivity index (χ1v) is 9.34. The van der Waals surface area contributed by atoms with Crippen molar-refractivity contribution < 1.29 is 22.4 Å². The number of hydrogen-bond acceptors (Lipinski definition) is 5. The number of benzene rings is 1. The van der Waals surface area contributed by atoms with Gasteiger partial charge in [0.25, 0.3) is 5.91 Å². The van der Waals surface area contributed by atoms with Gasteiger partial charge in [0, 0.05) is 30.1 Å². The molecule has 11 heteroatoms. The van der Waals surface area contributed by atoms with Crippen LogP contribution in [-0.2, 0) is 12.7 Å². The van der Waals surface area contributed by atoms with E-state index < -0.39 is 30.0 Å². The third kappa shape index (κ3) is 4.22. The van der Waals surface area contributed by atoms with Crippen LogP contribution >= 0.6 is 0 Å². The summed E-state index contributed by atoms with van der Waals surface area (Å²) < 4.78 is 54.1. The summed E-state index contributed by atoms with van der Waals surface area (Å²) in [6.45, 7) is 1.20. The molecule has 4 aromatic rings. The molecule has 4 rings (SSSR count). The predicted octanol–water partition coefficient (Wildman–Crippen LogP) is 3.77. The van der Waals surface area contributed by atoms with Crippen LogP contribution in [0.3, 0.4) is 0 Å². The smallest absolute Gasteiger partial charge is 0.366 e. The van der Waals surface area contributed by atoms with E-state index in [9.17, 15) is 22.4 Å². The number of anilines is 1. The summed E-state index contributed by atoms with van der Waals surface area (Å²) in [5.41, 5.74) is 6.75. The van der Waals surface area contributed by atoms with Crippen LogP contribution in [0, 0.1) is 12.7 Å². The Hall–Kier alpha value is -4.02. The van der Waals surface area contributed by atoms with Crippen molar-refractivity contribution in [3.05, 3.63) is 77.0 Å². The minimum absolute atomic E-state index is 0.117. The number of nitrogens with zero attached hydrogens (tertiary/aromatic N) is 4. The van der Waals surface area contributed by atoms with Gasteiger partial charge in [-0.1, -0.05) is 0 Å². The second-order valence-corrected chi connectivity index (χ2v) is 7.03. The number of carbonyl (C=O) groups is 1. The zero-order valence-corrected chi connectivity index (χ0v) is 16.6. The molecule has 0 saturated carbocycles. The number of aromatic nitrogens is 4. The molecule has 1 aromatic carbocycles. The largest absolute Gasteiger partial charge is 0.416 e. The highest BCUT2D eigenvalue weighted by atomic mass is 19.4. The van der Waals surface area contributed by atoms with Crippen molar-refractivity contribution in [2.75, 3.05) is 5.73 Å². The lowest BCUT2D eigenvalue weighted by Crippen LogP contribution is -2.24. The molecule has 0 radical (unpaired) electrons. The molecule has 1 amide bonds. The molecule has 0 aliphatic rings. The number of pyridine rings is 2. The second kappa shape index (κ2) is 7.91. The third-order valence-electron chi connectivity index (χ3n) is 4.83. The van der Waals surface area contributed by atoms with Gasteiger partial charge in [-0.2, -0.15) is 18.2 Å². The van der Waals surface area contributed by atoms with Gasteiger partial charge in [0.2, 0.25) is 5.95 Å². The molecule has 164 valence electrons. The van der Waals surface area contributed by atoms with Crippen LogP contribution in [-0.4, -0.2) is 25.5 Å². The number of halogens is 4. The fourth-order valence-corrected chi connectivity index (χ4v) is 3.16. The van der Waals surface area contributed by atoms with Crippen LogP contribution in [0.4, 0.5) is 23.5 Å². The SMILES string of the molecule is Cc1ncc(-c2ccn3nc(N)nc3c2)cc1C(=O)NCc1cc(C(F)(F)F)ccc1F. The van der Waals surface area contributed by atoms with Crippen molar-refractivity contribution in [1.82, 2.24) is 24.9 Å². The van der Waals surface area contributed by atoms with Gasteiger partial charge in [-0.05, 0) is 48.9 Å². The number of rotatable bonds is 4. The van der Waals surface area contributed by atoms with Gasteiger partial charge in [0.15, 0.2) is 5.65 Å². The van der Waals surface area contributed by atoms with E-state index in [-0.39, 0.29) is 17.1 Å². The zero-order chi connectivity index (χ0) is 23.0. The Morgan fingerprint density at radius 3 is 2.69 bits per heavy atom. The summed E-state index contributed by atoms with van der Waals surface area (Å²) in [7, 11) is 0. The fraction of sp³-hybridized carbons (Fsp3) is 0.143. The molecule has 0 bridgehead atoms. The van der Waals surface area contributed by atoms with Crippen LogP contribution in [0.5, 0.6) is 0 Å². The number of nitrogen functional groups attached to an aromatic ring is 1. The lowest BCUT2D eigenvalue weighted by Gasteiger charge is -2.12. The molecule has 0 unspecified atom stereocenters. The Labute approximate surface area is 178 Å². The van der Waals surface area contributed by atoms with Crippen molar-refractivity contribution in [2.45, 2.75) is 19.6 Å². The summed E-state index contributed by atoms with van der Waals surface area (Å²) >= 11 is 0. The quantitative estimate of drug-likeness (QED) is 0.467. The maximum absolute atomic E-state index is 14.0. The number of carbonyl (C=O) groups excluding carboxylic acids is 1. The van der Waals surface area contributed by atoms with E-state index in [1.807, 2.05) is 0 Å². The Bertz CT molecular complexity index is 1330. The minimum atomic E-state index is -4.61. The molecule has 3 N–H and O–H groups in total. The normalized spacial score (nSPS) is 11.7. The number of alkyl halides is 3. The van der Waals surface area contributed by atoms with E-state index in [0.29, 0.717) is 34.6 Å². The molecule has 0 aliphatic heterocycles. The molecule has 32 heavy (non-hydrogen) atoms. The highest BCUT2D eigenvalue weighted by Crippen LogP contribution is 2.30. The van der Waals surface area contributed by atoms with Gasteiger partial charge < -0.3 is 11.1 Å². The van der Waals surface area contributed by atoms with E-state index in [2.05, 4.69) is 20.4 Å². The Kier molecular flexibility index (Phi) is 5.25. The molecular formula is C21H16F4N6O. The number of aryl methyl sites for hydroxylation is 1. The highest BCUT2D eigenvalue weighted by molar-refractivity contribution is 5.96. The summed E-state index contributed by atoms with van der Waals surface area (Å²) in [6, 6.07) is 7.11. The molecule has 0 spiro atoms. The van der Waals surface area contributed by atoms with Crippen LogP contribution in [0.25, 0.3) is 16.8 Å². The minimum Gasteiger partial charge on any atom is -0.366 e. The van der Waals surface area contributed by atoms with Gasteiger partial charge in [0.05, 0.1) is 16.8 Å². The van der Waals surface area contributed by atoms with Crippen molar-refractivity contribution >= 4 is 17.5 Å². The summed E-state index contributed by atoms with van der Waals surface area (Å²) in [5, 5.41) is 6.45. The number of hydrogen-bond donors (Lipinski definition) is 2. The van der Waals surface area contributed by atoms with Gasteiger partial charge in [-0.15, -0.1) is 5.10 Å². The van der Waals surface area contributed by atoms with Crippen molar-refractivity contribution in [2.24, 2.45) is 0 Å². The molecule has 0 fully saturated rings. The van der Waals surface area contributed by atoms with E-state index in [0.717, 1.165) is 6.07 Å². The van der Waals surface area contributed by atoms with E-state index >= 15 is 0 Å². The number of fused-ring (bicyclic) bond motifs is 1. The first-order chi connectivity index (χ1) is 15.1. The van der Waals surface area contributed by atoms with Gasteiger partial charge >= 0.3 is 6.18 Å².